The van der Waals surface area contributed by atoms with Crippen LogP contribution >= 0.6 is 11.3 Å². The molecular formula is C25H33N5O2S. The number of hydrogen-bond acceptors (Lipinski definition) is 6. The Balaban J connectivity index is 1.33. The summed E-state index contributed by atoms with van der Waals surface area (Å²) in [5.74, 6) is -0.0996. The van der Waals surface area contributed by atoms with Crippen LogP contribution in [-0.2, 0) is 6.54 Å². The Morgan fingerprint density at radius 1 is 1.30 bits per heavy atom. The van der Waals surface area contributed by atoms with E-state index < -0.39 is 0 Å². The van der Waals surface area contributed by atoms with Gasteiger partial charge in [0.15, 0.2) is 6.07 Å². The van der Waals surface area contributed by atoms with E-state index in [1.165, 1.54) is 11.6 Å². The van der Waals surface area contributed by atoms with Crippen LogP contribution in [0.1, 0.15) is 65.5 Å². The molecule has 2 aromatic heterocycles. The van der Waals surface area contributed by atoms with Gasteiger partial charge in [-0.1, -0.05) is 0 Å². The number of rotatable bonds is 5. The molecule has 0 saturated carbocycles. The number of piperidine rings is 2. The normalized spacial score (nSPS) is 19.4. The largest absolute Gasteiger partial charge is 0.618 e. The second-order valence-corrected chi connectivity index (χ2v) is 10.4. The molecule has 0 aromatic carbocycles. The molecule has 2 saturated heterocycles. The summed E-state index contributed by atoms with van der Waals surface area (Å²) in [5.41, 5.74) is 2.92. The molecule has 0 unspecified atom stereocenters. The summed E-state index contributed by atoms with van der Waals surface area (Å²) in [5, 5.41) is 29.5. The van der Waals surface area contributed by atoms with E-state index in [0.717, 1.165) is 45.3 Å². The van der Waals surface area contributed by atoms with Crippen molar-refractivity contribution in [2.45, 2.75) is 64.6 Å². The summed E-state index contributed by atoms with van der Waals surface area (Å²) in [7, 11) is 0. The number of pyridine rings is 1. The Morgan fingerprint density at radius 2 is 2.00 bits per heavy atom. The van der Waals surface area contributed by atoms with Crippen LogP contribution in [0, 0.1) is 30.4 Å². The maximum atomic E-state index is 13.3. The van der Waals surface area contributed by atoms with Gasteiger partial charge in [-0.25, -0.2) is 0 Å². The number of nitrogens with one attached hydrogen (secondary N) is 1. The van der Waals surface area contributed by atoms with Crippen LogP contribution in [0.15, 0.2) is 22.9 Å². The third-order valence-corrected chi connectivity index (χ3v) is 8.25. The maximum absolute atomic E-state index is 13.3. The number of aromatic nitrogens is 1. The minimum atomic E-state index is -0.0996. The van der Waals surface area contributed by atoms with Gasteiger partial charge < -0.3 is 15.4 Å². The second kappa shape index (κ2) is 9.80. The smallest absolute Gasteiger partial charge is 0.295 e. The standard InChI is InChI=1S/C25H33N5O2S/c1-18-14-22(15-26)30(32)19(2)23(18)24(31)28-11-7-25(3,8-12-28)29-9-4-21(5-10-29)27-16-20-6-13-33-17-20/h6,13-14,17,21,27H,4-5,7-12,16H2,1-3H3. The van der Waals surface area contributed by atoms with E-state index in [9.17, 15) is 10.0 Å². The lowest BCUT2D eigenvalue weighted by atomic mass is 9.85. The van der Waals surface area contributed by atoms with Gasteiger partial charge >= 0.3 is 0 Å². The molecule has 7 nitrogen and oxygen atoms in total. The summed E-state index contributed by atoms with van der Waals surface area (Å²) in [6.07, 6.45) is 4.15. The number of carbonyl (C=O) groups excluding carboxylic acids is 1. The van der Waals surface area contributed by atoms with Crippen molar-refractivity contribution in [1.29, 1.82) is 5.26 Å². The molecule has 8 heteroatoms. The van der Waals surface area contributed by atoms with Gasteiger partial charge in [0.05, 0.1) is 0 Å². The molecule has 2 aliphatic rings. The Kier molecular flexibility index (Phi) is 7.03. The number of likely N-dealkylation sites (tertiary alicyclic amines) is 2. The van der Waals surface area contributed by atoms with E-state index in [1.807, 2.05) is 11.0 Å². The minimum absolute atomic E-state index is 0.0287. The summed E-state index contributed by atoms with van der Waals surface area (Å²) >= 11 is 1.74. The summed E-state index contributed by atoms with van der Waals surface area (Å²) in [4.78, 5) is 17.7. The fraction of sp³-hybridized carbons (Fsp3) is 0.560. The first-order valence-corrected chi connectivity index (χ1v) is 12.7. The Hall–Kier alpha value is -2.47. The molecule has 2 aliphatic heterocycles. The van der Waals surface area contributed by atoms with Crippen LogP contribution < -0.4 is 10.0 Å². The van der Waals surface area contributed by atoms with Crippen molar-refractivity contribution in [3.05, 3.63) is 56.2 Å². The predicted molar refractivity (Wildman–Crippen MR) is 129 cm³/mol. The van der Waals surface area contributed by atoms with E-state index in [0.29, 0.717) is 40.7 Å². The minimum Gasteiger partial charge on any atom is -0.618 e. The van der Waals surface area contributed by atoms with Gasteiger partial charge in [-0.15, -0.1) is 0 Å². The molecule has 176 valence electrons. The third kappa shape index (κ3) is 4.91. The van der Waals surface area contributed by atoms with Crippen LogP contribution in [0.4, 0.5) is 0 Å². The number of hydrogen-bond donors (Lipinski definition) is 1. The first-order valence-electron chi connectivity index (χ1n) is 11.7. The van der Waals surface area contributed by atoms with Crippen molar-refractivity contribution in [3.8, 4) is 6.07 Å². The molecule has 0 bridgehead atoms. The first kappa shape index (κ1) is 23.7. The lowest BCUT2D eigenvalue weighted by molar-refractivity contribution is -0.615. The van der Waals surface area contributed by atoms with E-state index in [-0.39, 0.29) is 17.1 Å². The van der Waals surface area contributed by atoms with Crippen LogP contribution in [0.25, 0.3) is 0 Å². The monoisotopic (exact) mass is 467 g/mol. The molecule has 0 aliphatic carbocycles. The molecule has 0 atom stereocenters. The van der Waals surface area contributed by atoms with E-state index >= 15 is 0 Å². The molecule has 2 aromatic rings. The first-order chi connectivity index (χ1) is 15.8. The zero-order valence-corrected chi connectivity index (χ0v) is 20.6. The van der Waals surface area contributed by atoms with Crippen molar-refractivity contribution in [1.82, 2.24) is 15.1 Å². The van der Waals surface area contributed by atoms with Gasteiger partial charge in [0, 0.05) is 57.3 Å². The van der Waals surface area contributed by atoms with Crippen LogP contribution in [-0.4, -0.2) is 53.5 Å². The third-order valence-electron chi connectivity index (χ3n) is 7.52. The zero-order chi connectivity index (χ0) is 23.6. The Bertz CT molecular complexity index is 1030. The molecule has 4 heterocycles. The SMILES string of the molecule is Cc1cc(C#N)[n+]([O-])c(C)c1C(=O)N1CCC(C)(N2CCC(NCc3ccsc3)CC2)CC1. The highest BCUT2D eigenvalue weighted by Gasteiger charge is 2.39. The van der Waals surface area contributed by atoms with E-state index in [4.69, 9.17) is 5.26 Å². The highest BCUT2D eigenvalue weighted by Crippen LogP contribution is 2.32. The van der Waals surface area contributed by atoms with Crippen molar-refractivity contribution in [3.63, 3.8) is 0 Å². The zero-order valence-electron chi connectivity index (χ0n) is 19.8. The predicted octanol–water partition coefficient (Wildman–Crippen LogP) is 3.12. The summed E-state index contributed by atoms with van der Waals surface area (Å²) in [6, 6.07) is 6.16. The van der Waals surface area contributed by atoms with Gasteiger partial charge in [-0.05, 0) is 67.5 Å². The second-order valence-electron chi connectivity index (χ2n) is 9.64. The van der Waals surface area contributed by atoms with Gasteiger partial charge in [0.2, 0.25) is 5.69 Å². The number of nitrogens with zero attached hydrogens (tertiary/aromatic N) is 4. The number of aryl methyl sites for hydroxylation is 1. The summed E-state index contributed by atoms with van der Waals surface area (Å²) < 4.78 is 0.574. The van der Waals surface area contributed by atoms with Crippen LogP contribution in [0.3, 0.4) is 0 Å². The molecule has 4 rings (SSSR count). The Morgan fingerprint density at radius 3 is 2.61 bits per heavy atom. The highest BCUT2D eigenvalue weighted by atomic mass is 32.1. The van der Waals surface area contributed by atoms with E-state index in [1.54, 1.807) is 25.2 Å². The fourth-order valence-electron chi connectivity index (χ4n) is 5.25. The number of carbonyl (C=O) groups is 1. The molecule has 2 fully saturated rings. The molecule has 1 amide bonds. The average Bonchev–Trinajstić information content (AvgIpc) is 3.34. The number of amides is 1. The van der Waals surface area contributed by atoms with Gasteiger partial charge in [-0.3, -0.25) is 9.69 Å². The van der Waals surface area contributed by atoms with Crippen molar-refractivity contribution in [2.75, 3.05) is 26.2 Å². The van der Waals surface area contributed by atoms with Gasteiger partial charge in [0.1, 0.15) is 5.56 Å². The van der Waals surface area contributed by atoms with E-state index in [2.05, 4.69) is 34.0 Å². The Labute approximate surface area is 200 Å². The molecule has 0 radical (unpaired) electrons. The summed E-state index contributed by atoms with van der Waals surface area (Å²) in [6.45, 7) is 10.2. The highest BCUT2D eigenvalue weighted by molar-refractivity contribution is 7.07. The van der Waals surface area contributed by atoms with Crippen molar-refractivity contribution >= 4 is 17.2 Å². The fourth-order valence-corrected chi connectivity index (χ4v) is 5.92. The topological polar surface area (TPSA) is 86.3 Å². The maximum Gasteiger partial charge on any atom is 0.295 e. The lowest BCUT2D eigenvalue weighted by Crippen LogP contribution is -2.57. The lowest BCUT2D eigenvalue weighted by Gasteiger charge is -2.49. The average molecular weight is 468 g/mol. The number of thiophene rings is 1. The van der Waals surface area contributed by atoms with Crippen molar-refractivity contribution in [2.24, 2.45) is 0 Å². The quantitative estimate of drug-likeness (QED) is 0.539. The van der Waals surface area contributed by atoms with Crippen molar-refractivity contribution < 1.29 is 9.52 Å². The number of nitriles is 1. The molecule has 1 N–H and O–H groups in total. The molecular weight excluding hydrogens is 434 g/mol. The molecule has 33 heavy (non-hydrogen) atoms. The van der Waals surface area contributed by atoms with Crippen LogP contribution in [0.5, 0.6) is 0 Å². The molecule has 0 spiro atoms. The van der Waals surface area contributed by atoms with Gasteiger partial charge in [0.25, 0.3) is 11.6 Å². The van der Waals surface area contributed by atoms with Crippen LogP contribution in [0.2, 0.25) is 0 Å². The van der Waals surface area contributed by atoms with Gasteiger partial charge in [-0.2, -0.15) is 21.3 Å².